The van der Waals surface area contributed by atoms with Crippen molar-refractivity contribution in [2.45, 2.75) is 32.7 Å². The minimum atomic E-state index is 0.259. The van der Waals surface area contributed by atoms with Gasteiger partial charge in [-0.05, 0) is 69.6 Å². The van der Waals surface area contributed by atoms with E-state index in [4.69, 9.17) is 9.97 Å². The number of nitrogens with one attached hydrogen (secondary N) is 1. The molecule has 0 bridgehead atoms. The number of likely N-dealkylation sites (tertiary alicyclic amines) is 1. The Morgan fingerprint density at radius 2 is 1.96 bits per heavy atom. The largest absolute Gasteiger partial charge is 0.507 e. The van der Waals surface area contributed by atoms with Crippen LogP contribution in [0.1, 0.15) is 24.0 Å². The average Bonchev–Trinajstić information content (AvgIpc) is 2.90. The maximum Gasteiger partial charge on any atom is 0.180 e. The number of aromatic hydroxyl groups is 1. The second-order valence-electron chi connectivity index (χ2n) is 7.76. The van der Waals surface area contributed by atoms with Crippen molar-refractivity contribution in [1.82, 2.24) is 19.4 Å². The van der Waals surface area contributed by atoms with E-state index in [1.165, 1.54) is 6.42 Å². The SMILES string of the molecule is Cc1cc(C)c(-c2nc3nc(N[C@@H]4CCCN(C)C4)ccc3n2C)c(O)c1. The molecule has 1 fully saturated rings. The maximum atomic E-state index is 10.5. The van der Waals surface area contributed by atoms with E-state index in [0.29, 0.717) is 11.7 Å². The van der Waals surface area contributed by atoms with Gasteiger partial charge in [-0.1, -0.05) is 6.07 Å². The van der Waals surface area contributed by atoms with Crippen molar-refractivity contribution in [3.8, 4) is 17.1 Å². The van der Waals surface area contributed by atoms with Crippen LogP contribution in [0.4, 0.5) is 5.82 Å². The summed E-state index contributed by atoms with van der Waals surface area (Å²) in [6.45, 7) is 6.17. The summed E-state index contributed by atoms with van der Waals surface area (Å²) in [5.74, 6) is 1.86. The molecule has 6 nitrogen and oxygen atoms in total. The van der Waals surface area contributed by atoms with Crippen LogP contribution in [0.5, 0.6) is 5.75 Å². The summed E-state index contributed by atoms with van der Waals surface area (Å²) in [6.07, 6.45) is 2.37. The number of hydrogen-bond donors (Lipinski definition) is 2. The highest BCUT2D eigenvalue weighted by Gasteiger charge is 2.19. The number of fused-ring (bicyclic) bond motifs is 1. The van der Waals surface area contributed by atoms with Gasteiger partial charge in [0.1, 0.15) is 17.4 Å². The predicted molar refractivity (Wildman–Crippen MR) is 109 cm³/mol. The summed E-state index contributed by atoms with van der Waals surface area (Å²) >= 11 is 0. The summed E-state index contributed by atoms with van der Waals surface area (Å²) in [4.78, 5) is 11.8. The third-order valence-electron chi connectivity index (χ3n) is 5.40. The number of phenolic OH excluding ortho intramolecular Hbond substituents is 1. The molecule has 1 saturated heterocycles. The van der Waals surface area contributed by atoms with Crippen LogP contribution >= 0.6 is 0 Å². The molecule has 0 spiro atoms. The summed E-state index contributed by atoms with van der Waals surface area (Å²) in [6, 6.07) is 8.33. The van der Waals surface area contributed by atoms with Crippen molar-refractivity contribution in [3.63, 3.8) is 0 Å². The molecule has 2 N–H and O–H groups in total. The number of phenols is 1. The van der Waals surface area contributed by atoms with E-state index in [9.17, 15) is 5.11 Å². The van der Waals surface area contributed by atoms with Gasteiger partial charge in [0.25, 0.3) is 0 Å². The van der Waals surface area contributed by atoms with Gasteiger partial charge in [0.05, 0.1) is 11.1 Å². The topological polar surface area (TPSA) is 66.2 Å². The van der Waals surface area contributed by atoms with E-state index in [2.05, 4.69) is 23.3 Å². The highest BCUT2D eigenvalue weighted by atomic mass is 16.3. The van der Waals surface area contributed by atoms with Crippen LogP contribution in [0, 0.1) is 13.8 Å². The average molecular weight is 365 g/mol. The second kappa shape index (κ2) is 6.85. The Kier molecular flexibility index (Phi) is 4.52. The molecule has 3 heterocycles. The maximum absolute atomic E-state index is 10.5. The van der Waals surface area contributed by atoms with Crippen molar-refractivity contribution < 1.29 is 5.11 Å². The summed E-state index contributed by atoms with van der Waals surface area (Å²) in [7, 11) is 4.13. The molecule has 0 amide bonds. The van der Waals surface area contributed by atoms with E-state index in [1.807, 2.05) is 37.6 Å². The van der Waals surface area contributed by atoms with Gasteiger partial charge in [0.15, 0.2) is 5.65 Å². The first-order valence-electron chi connectivity index (χ1n) is 9.51. The molecule has 0 saturated carbocycles. The summed E-state index contributed by atoms with van der Waals surface area (Å²) in [5, 5.41) is 14.0. The molecule has 1 atom stereocenters. The molecule has 0 unspecified atom stereocenters. The number of benzene rings is 1. The molecule has 27 heavy (non-hydrogen) atoms. The number of nitrogens with zero attached hydrogens (tertiary/aromatic N) is 4. The Labute approximate surface area is 159 Å². The van der Waals surface area contributed by atoms with E-state index >= 15 is 0 Å². The number of imidazole rings is 1. The van der Waals surface area contributed by atoms with E-state index < -0.39 is 0 Å². The highest BCUT2D eigenvalue weighted by Crippen LogP contribution is 2.34. The lowest BCUT2D eigenvalue weighted by Gasteiger charge is -2.30. The zero-order valence-electron chi connectivity index (χ0n) is 16.5. The van der Waals surface area contributed by atoms with Crippen LogP contribution < -0.4 is 5.32 Å². The first-order valence-corrected chi connectivity index (χ1v) is 9.51. The monoisotopic (exact) mass is 365 g/mol. The molecule has 1 aliphatic heterocycles. The van der Waals surface area contributed by atoms with Crippen LogP contribution in [0.15, 0.2) is 24.3 Å². The third-order valence-corrected chi connectivity index (χ3v) is 5.40. The van der Waals surface area contributed by atoms with E-state index in [0.717, 1.165) is 53.4 Å². The highest BCUT2D eigenvalue weighted by molar-refractivity contribution is 5.81. The van der Waals surface area contributed by atoms with Crippen molar-refractivity contribution in [2.24, 2.45) is 7.05 Å². The zero-order valence-corrected chi connectivity index (χ0v) is 16.5. The fourth-order valence-electron chi connectivity index (χ4n) is 4.11. The Bertz CT molecular complexity index is 971. The lowest BCUT2D eigenvalue weighted by molar-refractivity contribution is 0.261. The van der Waals surface area contributed by atoms with Gasteiger partial charge in [-0.3, -0.25) is 0 Å². The molecule has 1 aromatic carbocycles. The first-order chi connectivity index (χ1) is 12.9. The summed E-state index contributed by atoms with van der Waals surface area (Å²) < 4.78 is 2.00. The van der Waals surface area contributed by atoms with Crippen LogP contribution in [-0.2, 0) is 7.05 Å². The van der Waals surface area contributed by atoms with Crippen molar-refractivity contribution >= 4 is 17.0 Å². The van der Waals surface area contributed by atoms with Crippen LogP contribution in [0.25, 0.3) is 22.6 Å². The Balaban J connectivity index is 1.70. The van der Waals surface area contributed by atoms with Crippen molar-refractivity contribution in [1.29, 1.82) is 0 Å². The molecule has 0 aliphatic carbocycles. The third kappa shape index (κ3) is 3.37. The second-order valence-corrected chi connectivity index (χ2v) is 7.76. The van der Waals surface area contributed by atoms with Gasteiger partial charge in [-0.25, -0.2) is 9.97 Å². The van der Waals surface area contributed by atoms with Gasteiger partial charge < -0.3 is 19.9 Å². The Morgan fingerprint density at radius 3 is 2.70 bits per heavy atom. The van der Waals surface area contributed by atoms with Crippen molar-refractivity contribution in [2.75, 3.05) is 25.5 Å². The smallest absolute Gasteiger partial charge is 0.180 e. The molecule has 1 aliphatic rings. The van der Waals surface area contributed by atoms with Crippen LogP contribution in [-0.4, -0.2) is 50.7 Å². The Morgan fingerprint density at radius 1 is 1.15 bits per heavy atom. The van der Waals surface area contributed by atoms with E-state index in [-0.39, 0.29) is 5.75 Å². The summed E-state index contributed by atoms with van der Waals surface area (Å²) in [5.41, 5.74) is 4.46. The Hall–Kier alpha value is -2.60. The van der Waals surface area contributed by atoms with Crippen molar-refractivity contribution in [3.05, 3.63) is 35.4 Å². The molecular weight excluding hydrogens is 338 g/mol. The van der Waals surface area contributed by atoms with Gasteiger partial charge in [-0.15, -0.1) is 0 Å². The molecule has 3 aromatic rings. The number of anilines is 1. The number of aromatic nitrogens is 3. The molecule has 0 radical (unpaired) electrons. The number of hydrogen-bond acceptors (Lipinski definition) is 5. The lowest BCUT2D eigenvalue weighted by atomic mass is 10.0. The minimum absolute atomic E-state index is 0.259. The molecule has 142 valence electrons. The normalized spacial score (nSPS) is 18.1. The fourth-order valence-corrected chi connectivity index (χ4v) is 4.11. The minimum Gasteiger partial charge on any atom is -0.507 e. The number of rotatable bonds is 3. The predicted octanol–water partition coefficient (Wildman–Crippen LogP) is 3.46. The van der Waals surface area contributed by atoms with E-state index in [1.54, 1.807) is 6.07 Å². The zero-order chi connectivity index (χ0) is 19.1. The van der Waals surface area contributed by atoms with Gasteiger partial charge in [0, 0.05) is 19.6 Å². The van der Waals surface area contributed by atoms with Gasteiger partial charge in [-0.2, -0.15) is 0 Å². The number of aryl methyl sites for hydroxylation is 3. The quantitative estimate of drug-likeness (QED) is 0.744. The first kappa shape index (κ1) is 17.8. The number of pyridine rings is 1. The molecular formula is C21H27N5O. The lowest BCUT2D eigenvalue weighted by Crippen LogP contribution is -2.39. The van der Waals surface area contributed by atoms with Gasteiger partial charge in [0.2, 0.25) is 0 Å². The fraction of sp³-hybridized carbons (Fsp3) is 0.429. The molecule has 6 heteroatoms. The standard InChI is InChI=1S/C21H27N5O/c1-13-10-14(2)19(17(27)11-13)21-24-20-16(26(21)4)7-8-18(23-20)22-15-6-5-9-25(3)12-15/h7-8,10-11,15,27H,5-6,9,12H2,1-4H3,(H,22,23)/t15-/m1/s1. The molecule has 4 rings (SSSR count). The number of likely N-dealkylation sites (N-methyl/N-ethyl adjacent to an activating group) is 1. The van der Waals surface area contributed by atoms with Crippen LogP contribution in [0.2, 0.25) is 0 Å². The van der Waals surface area contributed by atoms with Crippen LogP contribution in [0.3, 0.4) is 0 Å². The molecule has 2 aromatic heterocycles. The number of piperidine rings is 1. The van der Waals surface area contributed by atoms with Gasteiger partial charge >= 0.3 is 0 Å².